The van der Waals surface area contributed by atoms with Gasteiger partial charge in [0, 0.05) is 11.1 Å². The molecule has 1 aromatic rings. The first-order valence-corrected chi connectivity index (χ1v) is 6.62. The molecule has 2 heteroatoms. The molecule has 0 aliphatic heterocycles. The van der Waals surface area contributed by atoms with Gasteiger partial charge in [0.2, 0.25) is 0 Å². The minimum atomic E-state index is 0.471. The number of benzene rings is 1. The van der Waals surface area contributed by atoms with Gasteiger partial charge in [-0.3, -0.25) is 0 Å². The summed E-state index contributed by atoms with van der Waals surface area (Å²) in [4.78, 5) is 0. The molecule has 1 unspecified atom stereocenters. The quantitative estimate of drug-likeness (QED) is 0.832. The van der Waals surface area contributed by atoms with E-state index in [1.807, 2.05) is 12.1 Å². The van der Waals surface area contributed by atoms with Gasteiger partial charge in [-0.05, 0) is 43.5 Å². The lowest BCUT2D eigenvalue weighted by Crippen LogP contribution is -2.26. The second-order valence-corrected chi connectivity index (χ2v) is 5.16. The van der Waals surface area contributed by atoms with Crippen LogP contribution in [0.5, 0.6) is 0 Å². The summed E-state index contributed by atoms with van der Waals surface area (Å²) in [6.07, 6.45) is 6.85. The Bertz CT molecular complexity index is 331. The van der Waals surface area contributed by atoms with E-state index in [-0.39, 0.29) is 0 Å². The van der Waals surface area contributed by atoms with E-state index in [0.29, 0.717) is 6.04 Å². The van der Waals surface area contributed by atoms with Crippen LogP contribution in [0.3, 0.4) is 0 Å². The fraction of sp³-hybridized carbons (Fsp3) is 0.571. The Morgan fingerprint density at radius 3 is 2.62 bits per heavy atom. The molecule has 0 saturated heterocycles. The first-order valence-electron chi connectivity index (χ1n) is 6.24. The standard InChI is InChI=1S/C14H20ClN/c1-16-14(11-6-3-2-4-7-11)12-8-5-9-13(15)10-12/h5,8-11,14,16H,2-4,6-7H2,1H3. The number of rotatable bonds is 3. The molecule has 1 nitrogen and oxygen atoms in total. The van der Waals surface area contributed by atoms with Crippen molar-refractivity contribution in [2.24, 2.45) is 5.92 Å². The van der Waals surface area contributed by atoms with Gasteiger partial charge in [0.15, 0.2) is 0 Å². The average molecular weight is 238 g/mol. The van der Waals surface area contributed by atoms with Gasteiger partial charge in [0.05, 0.1) is 0 Å². The molecule has 88 valence electrons. The van der Waals surface area contributed by atoms with Gasteiger partial charge in [-0.2, -0.15) is 0 Å². The van der Waals surface area contributed by atoms with Gasteiger partial charge in [-0.15, -0.1) is 0 Å². The molecule has 16 heavy (non-hydrogen) atoms. The molecule has 0 radical (unpaired) electrons. The lowest BCUT2D eigenvalue weighted by molar-refractivity contribution is 0.281. The van der Waals surface area contributed by atoms with Gasteiger partial charge >= 0.3 is 0 Å². The molecule has 0 heterocycles. The Morgan fingerprint density at radius 1 is 1.25 bits per heavy atom. The fourth-order valence-electron chi connectivity index (χ4n) is 2.84. The second kappa shape index (κ2) is 5.70. The highest BCUT2D eigenvalue weighted by Gasteiger charge is 2.23. The molecule has 0 spiro atoms. The summed E-state index contributed by atoms with van der Waals surface area (Å²) in [5, 5.41) is 4.30. The molecule has 1 fully saturated rings. The van der Waals surface area contributed by atoms with Crippen LogP contribution >= 0.6 is 11.6 Å². The van der Waals surface area contributed by atoms with Crippen LogP contribution in [0.15, 0.2) is 24.3 Å². The van der Waals surface area contributed by atoms with Gasteiger partial charge in [-0.25, -0.2) is 0 Å². The Hall–Kier alpha value is -0.530. The highest BCUT2D eigenvalue weighted by molar-refractivity contribution is 6.30. The lowest BCUT2D eigenvalue weighted by Gasteiger charge is -2.30. The van der Waals surface area contributed by atoms with Crippen molar-refractivity contribution in [1.82, 2.24) is 5.32 Å². The highest BCUT2D eigenvalue weighted by atomic mass is 35.5. The molecule has 1 aromatic carbocycles. The van der Waals surface area contributed by atoms with E-state index in [1.54, 1.807) is 0 Å². The zero-order valence-electron chi connectivity index (χ0n) is 9.88. The SMILES string of the molecule is CNC(c1cccc(Cl)c1)C1CCCCC1. The predicted octanol–water partition coefficient (Wildman–Crippen LogP) is 4.18. The van der Waals surface area contributed by atoms with Gasteiger partial charge < -0.3 is 5.32 Å². The van der Waals surface area contributed by atoms with Crippen LogP contribution in [0.25, 0.3) is 0 Å². The molecule has 1 atom stereocenters. The summed E-state index contributed by atoms with van der Waals surface area (Å²) < 4.78 is 0. The van der Waals surface area contributed by atoms with Gasteiger partial charge in [0.25, 0.3) is 0 Å². The summed E-state index contributed by atoms with van der Waals surface area (Å²) in [5.41, 5.74) is 1.34. The van der Waals surface area contributed by atoms with Crippen molar-refractivity contribution in [3.8, 4) is 0 Å². The van der Waals surface area contributed by atoms with Crippen molar-refractivity contribution in [1.29, 1.82) is 0 Å². The molecule has 0 bridgehead atoms. The predicted molar refractivity (Wildman–Crippen MR) is 69.8 cm³/mol. The maximum absolute atomic E-state index is 6.06. The molecule has 0 amide bonds. The third-order valence-electron chi connectivity index (χ3n) is 3.64. The number of nitrogens with one attached hydrogen (secondary N) is 1. The maximum atomic E-state index is 6.06. The molecule has 1 aliphatic rings. The number of hydrogen-bond donors (Lipinski definition) is 1. The first kappa shape index (κ1) is 11.9. The van der Waals surface area contributed by atoms with E-state index in [2.05, 4.69) is 24.5 Å². The van der Waals surface area contributed by atoms with Gasteiger partial charge in [0.1, 0.15) is 0 Å². The maximum Gasteiger partial charge on any atom is 0.0409 e. The summed E-state index contributed by atoms with van der Waals surface area (Å²) in [7, 11) is 2.06. The summed E-state index contributed by atoms with van der Waals surface area (Å²) in [5.74, 6) is 0.775. The minimum absolute atomic E-state index is 0.471. The van der Waals surface area contributed by atoms with Crippen LogP contribution < -0.4 is 5.32 Å². The Labute approximate surface area is 103 Å². The molecular formula is C14H20ClN. The molecule has 0 aromatic heterocycles. The Morgan fingerprint density at radius 2 is 2.00 bits per heavy atom. The first-order chi connectivity index (χ1) is 7.81. The highest BCUT2D eigenvalue weighted by Crippen LogP contribution is 2.34. The van der Waals surface area contributed by atoms with Crippen molar-refractivity contribution >= 4 is 11.6 Å². The topological polar surface area (TPSA) is 12.0 Å². The minimum Gasteiger partial charge on any atom is -0.313 e. The summed E-state index contributed by atoms with van der Waals surface area (Å²) in [6.45, 7) is 0. The zero-order chi connectivity index (χ0) is 11.4. The molecule has 2 rings (SSSR count). The summed E-state index contributed by atoms with van der Waals surface area (Å²) >= 11 is 6.06. The number of halogens is 1. The smallest absolute Gasteiger partial charge is 0.0409 e. The van der Waals surface area contributed by atoms with E-state index in [4.69, 9.17) is 11.6 Å². The van der Waals surface area contributed by atoms with Crippen molar-refractivity contribution in [2.75, 3.05) is 7.05 Å². The van der Waals surface area contributed by atoms with E-state index in [0.717, 1.165) is 10.9 Å². The van der Waals surface area contributed by atoms with Crippen LogP contribution in [0.1, 0.15) is 43.7 Å². The zero-order valence-corrected chi connectivity index (χ0v) is 10.6. The van der Waals surface area contributed by atoms with Crippen LogP contribution in [-0.4, -0.2) is 7.05 Å². The number of hydrogen-bond acceptors (Lipinski definition) is 1. The van der Waals surface area contributed by atoms with E-state index < -0.39 is 0 Å². The normalized spacial score (nSPS) is 19.6. The third-order valence-corrected chi connectivity index (χ3v) is 3.88. The van der Waals surface area contributed by atoms with Crippen LogP contribution in [0.4, 0.5) is 0 Å². The third kappa shape index (κ3) is 2.78. The second-order valence-electron chi connectivity index (χ2n) is 4.72. The van der Waals surface area contributed by atoms with Crippen molar-refractivity contribution < 1.29 is 0 Å². The van der Waals surface area contributed by atoms with E-state index >= 15 is 0 Å². The monoisotopic (exact) mass is 237 g/mol. The van der Waals surface area contributed by atoms with E-state index in [9.17, 15) is 0 Å². The Kier molecular flexibility index (Phi) is 4.25. The Balaban J connectivity index is 2.14. The largest absolute Gasteiger partial charge is 0.313 e. The average Bonchev–Trinajstić information content (AvgIpc) is 2.31. The molecule has 1 N–H and O–H groups in total. The van der Waals surface area contributed by atoms with Crippen LogP contribution in [0.2, 0.25) is 5.02 Å². The van der Waals surface area contributed by atoms with E-state index in [1.165, 1.54) is 37.7 Å². The van der Waals surface area contributed by atoms with Crippen LogP contribution in [-0.2, 0) is 0 Å². The van der Waals surface area contributed by atoms with Crippen molar-refractivity contribution in [3.63, 3.8) is 0 Å². The molecule has 1 saturated carbocycles. The fourth-order valence-corrected chi connectivity index (χ4v) is 3.04. The molecular weight excluding hydrogens is 218 g/mol. The summed E-state index contributed by atoms with van der Waals surface area (Å²) in [6, 6.07) is 8.74. The lowest BCUT2D eigenvalue weighted by atomic mass is 9.81. The molecule has 1 aliphatic carbocycles. The van der Waals surface area contributed by atoms with Crippen molar-refractivity contribution in [3.05, 3.63) is 34.9 Å². The van der Waals surface area contributed by atoms with Crippen molar-refractivity contribution in [2.45, 2.75) is 38.1 Å². The van der Waals surface area contributed by atoms with Crippen LogP contribution in [0, 0.1) is 5.92 Å². The van der Waals surface area contributed by atoms with Gasteiger partial charge in [-0.1, -0.05) is 43.0 Å².